The molecular formula is C20H23N3O. The Morgan fingerprint density at radius 3 is 2.67 bits per heavy atom. The molecule has 4 rings (SSSR count). The predicted molar refractivity (Wildman–Crippen MR) is 93.5 cm³/mol. The minimum Gasteiger partial charge on any atom is -0.342 e. The Bertz CT molecular complexity index is 737. The third-order valence-electron chi connectivity index (χ3n) is 5.06. The van der Waals surface area contributed by atoms with Gasteiger partial charge in [0.15, 0.2) is 5.82 Å². The van der Waals surface area contributed by atoms with E-state index in [0.29, 0.717) is 17.7 Å². The number of carbonyl (C=O) groups is 1. The van der Waals surface area contributed by atoms with Crippen LogP contribution in [-0.2, 0) is 4.79 Å². The van der Waals surface area contributed by atoms with Gasteiger partial charge in [0.1, 0.15) is 0 Å². The van der Waals surface area contributed by atoms with E-state index < -0.39 is 0 Å². The maximum Gasteiger partial charge on any atom is 0.225 e. The molecule has 1 saturated carbocycles. The summed E-state index contributed by atoms with van der Waals surface area (Å²) in [6.07, 6.45) is 6.15. The standard InChI is InChI=1S/C20H23N3O/c1-14-4-6-15(7-5-14)19-21-11-10-18(22-19)17-3-2-12-23(13-17)20(24)16-8-9-16/h4-7,10-11,16-17H,2-3,8-9,12-13H2,1H3. The topological polar surface area (TPSA) is 46.1 Å². The van der Waals surface area contributed by atoms with Crippen molar-refractivity contribution in [1.82, 2.24) is 14.9 Å². The van der Waals surface area contributed by atoms with Gasteiger partial charge in [-0.25, -0.2) is 9.97 Å². The SMILES string of the molecule is Cc1ccc(-c2nccc(C3CCCN(C(=O)C4CC4)C3)n2)cc1. The van der Waals surface area contributed by atoms with Crippen LogP contribution in [0.5, 0.6) is 0 Å². The average Bonchev–Trinajstić information content (AvgIpc) is 3.47. The zero-order chi connectivity index (χ0) is 16.5. The number of rotatable bonds is 3. The monoisotopic (exact) mass is 321 g/mol. The highest BCUT2D eigenvalue weighted by Gasteiger charge is 2.35. The van der Waals surface area contributed by atoms with E-state index in [4.69, 9.17) is 4.98 Å². The first-order valence-corrected chi connectivity index (χ1v) is 8.89. The summed E-state index contributed by atoms with van der Waals surface area (Å²) in [5.41, 5.74) is 3.34. The molecule has 1 atom stereocenters. The van der Waals surface area contributed by atoms with Crippen molar-refractivity contribution in [2.45, 2.75) is 38.5 Å². The number of nitrogens with zero attached hydrogens (tertiary/aromatic N) is 3. The number of piperidine rings is 1. The molecule has 2 aromatic rings. The highest BCUT2D eigenvalue weighted by Crippen LogP contribution is 2.34. The molecule has 1 aliphatic carbocycles. The van der Waals surface area contributed by atoms with E-state index >= 15 is 0 Å². The van der Waals surface area contributed by atoms with Gasteiger partial charge >= 0.3 is 0 Å². The van der Waals surface area contributed by atoms with Crippen LogP contribution in [0.25, 0.3) is 11.4 Å². The third kappa shape index (κ3) is 3.18. The smallest absolute Gasteiger partial charge is 0.225 e. The fraction of sp³-hybridized carbons (Fsp3) is 0.450. The summed E-state index contributed by atoms with van der Waals surface area (Å²) in [7, 11) is 0. The third-order valence-corrected chi connectivity index (χ3v) is 5.06. The lowest BCUT2D eigenvalue weighted by Crippen LogP contribution is -2.40. The van der Waals surface area contributed by atoms with Crippen molar-refractivity contribution in [3.8, 4) is 11.4 Å². The van der Waals surface area contributed by atoms with Crippen molar-refractivity contribution < 1.29 is 4.79 Å². The summed E-state index contributed by atoms with van der Waals surface area (Å²) in [4.78, 5) is 23.6. The molecule has 0 spiro atoms. The average molecular weight is 321 g/mol. The van der Waals surface area contributed by atoms with Gasteiger partial charge in [-0.15, -0.1) is 0 Å². The molecule has 1 unspecified atom stereocenters. The predicted octanol–water partition coefficient (Wildman–Crippen LogP) is 3.57. The summed E-state index contributed by atoms with van der Waals surface area (Å²) in [6, 6.07) is 10.3. The number of carbonyl (C=O) groups excluding carboxylic acids is 1. The highest BCUT2D eigenvalue weighted by molar-refractivity contribution is 5.81. The molecule has 0 bridgehead atoms. The van der Waals surface area contributed by atoms with Gasteiger partial charge in [-0.1, -0.05) is 29.8 Å². The molecule has 2 heterocycles. The molecule has 1 saturated heterocycles. The molecule has 2 aliphatic rings. The van der Waals surface area contributed by atoms with Crippen LogP contribution in [0.1, 0.15) is 42.9 Å². The van der Waals surface area contributed by atoms with E-state index in [9.17, 15) is 4.79 Å². The van der Waals surface area contributed by atoms with Crippen LogP contribution in [0.3, 0.4) is 0 Å². The van der Waals surface area contributed by atoms with Gasteiger partial charge in [0, 0.05) is 42.4 Å². The van der Waals surface area contributed by atoms with Gasteiger partial charge in [0.25, 0.3) is 0 Å². The minimum atomic E-state index is 0.303. The van der Waals surface area contributed by atoms with Crippen LogP contribution in [0.2, 0.25) is 0 Å². The van der Waals surface area contributed by atoms with Crippen molar-refractivity contribution in [3.63, 3.8) is 0 Å². The van der Waals surface area contributed by atoms with Crippen molar-refractivity contribution >= 4 is 5.91 Å². The van der Waals surface area contributed by atoms with E-state index in [1.165, 1.54) is 5.56 Å². The van der Waals surface area contributed by atoms with Crippen molar-refractivity contribution in [2.24, 2.45) is 5.92 Å². The molecule has 0 N–H and O–H groups in total. The Hall–Kier alpha value is -2.23. The molecule has 0 radical (unpaired) electrons. The van der Waals surface area contributed by atoms with Crippen LogP contribution in [-0.4, -0.2) is 33.9 Å². The maximum atomic E-state index is 12.4. The van der Waals surface area contributed by atoms with E-state index in [1.54, 1.807) is 0 Å². The first-order chi connectivity index (χ1) is 11.7. The summed E-state index contributed by atoms with van der Waals surface area (Å²) in [5.74, 6) is 1.76. The number of aryl methyl sites for hydroxylation is 1. The Labute approximate surface area is 142 Å². The molecule has 1 amide bonds. The lowest BCUT2D eigenvalue weighted by molar-refractivity contribution is -0.133. The van der Waals surface area contributed by atoms with Crippen molar-refractivity contribution in [2.75, 3.05) is 13.1 Å². The first kappa shape index (κ1) is 15.3. The van der Waals surface area contributed by atoms with Crippen molar-refractivity contribution in [3.05, 3.63) is 47.8 Å². The first-order valence-electron chi connectivity index (χ1n) is 8.89. The zero-order valence-corrected chi connectivity index (χ0v) is 14.1. The Balaban J connectivity index is 1.54. The van der Waals surface area contributed by atoms with E-state index in [2.05, 4.69) is 41.1 Å². The van der Waals surface area contributed by atoms with Gasteiger partial charge in [0.2, 0.25) is 5.91 Å². The molecule has 124 valence electrons. The number of benzene rings is 1. The van der Waals surface area contributed by atoms with Crippen LogP contribution in [0.4, 0.5) is 0 Å². The van der Waals surface area contributed by atoms with E-state index in [0.717, 1.165) is 55.9 Å². The van der Waals surface area contributed by atoms with Gasteiger partial charge in [-0.2, -0.15) is 0 Å². The fourth-order valence-corrected chi connectivity index (χ4v) is 3.45. The maximum absolute atomic E-state index is 12.4. The summed E-state index contributed by atoms with van der Waals surface area (Å²) in [6.45, 7) is 3.79. The summed E-state index contributed by atoms with van der Waals surface area (Å²) < 4.78 is 0. The van der Waals surface area contributed by atoms with Gasteiger partial charge in [-0.3, -0.25) is 4.79 Å². The molecule has 1 aliphatic heterocycles. The Morgan fingerprint density at radius 1 is 1.12 bits per heavy atom. The van der Waals surface area contributed by atoms with Gasteiger partial charge < -0.3 is 4.90 Å². The molecule has 4 heteroatoms. The van der Waals surface area contributed by atoms with E-state index in [1.807, 2.05) is 12.3 Å². The second-order valence-corrected chi connectivity index (χ2v) is 7.07. The second-order valence-electron chi connectivity index (χ2n) is 7.07. The number of hydrogen-bond acceptors (Lipinski definition) is 3. The summed E-state index contributed by atoms with van der Waals surface area (Å²) in [5, 5.41) is 0. The minimum absolute atomic E-state index is 0.303. The molecule has 1 aromatic heterocycles. The van der Waals surface area contributed by atoms with Crippen LogP contribution in [0, 0.1) is 12.8 Å². The Kier molecular flexibility index (Phi) is 4.05. The number of amides is 1. The Morgan fingerprint density at radius 2 is 1.92 bits per heavy atom. The van der Waals surface area contributed by atoms with Crippen LogP contribution in [0.15, 0.2) is 36.5 Å². The van der Waals surface area contributed by atoms with Crippen LogP contribution >= 0.6 is 0 Å². The molecule has 1 aromatic carbocycles. The largest absolute Gasteiger partial charge is 0.342 e. The molecule has 4 nitrogen and oxygen atoms in total. The van der Waals surface area contributed by atoms with Gasteiger partial charge in [-0.05, 0) is 38.7 Å². The van der Waals surface area contributed by atoms with E-state index in [-0.39, 0.29) is 0 Å². The lowest BCUT2D eigenvalue weighted by Gasteiger charge is -2.32. The molecular weight excluding hydrogens is 298 g/mol. The fourth-order valence-electron chi connectivity index (χ4n) is 3.45. The molecule has 2 fully saturated rings. The number of likely N-dealkylation sites (tertiary alicyclic amines) is 1. The number of hydrogen-bond donors (Lipinski definition) is 0. The molecule has 24 heavy (non-hydrogen) atoms. The van der Waals surface area contributed by atoms with Crippen LogP contribution < -0.4 is 0 Å². The lowest BCUT2D eigenvalue weighted by atomic mass is 9.94. The quantitative estimate of drug-likeness (QED) is 0.868. The normalized spacial score (nSPS) is 20.9. The highest BCUT2D eigenvalue weighted by atomic mass is 16.2. The summed E-state index contributed by atoms with van der Waals surface area (Å²) >= 11 is 0. The zero-order valence-electron chi connectivity index (χ0n) is 14.1. The van der Waals surface area contributed by atoms with Gasteiger partial charge in [0.05, 0.1) is 0 Å². The van der Waals surface area contributed by atoms with Crippen molar-refractivity contribution in [1.29, 1.82) is 0 Å². The second kappa shape index (κ2) is 6.34. The number of aromatic nitrogens is 2.